The third-order valence-electron chi connectivity index (χ3n) is 7.86. The molecule has 12 nitrogen and oxygen atoms in total. The van der Waals surface area contributed by atoms with E-state index in [1.807, 2.05) is 72.0 Å². The molecule has 2 atom stereocenters. The maximum absolute atomic E-state index is 13.3. The highest BCUT2D eigenvalue weighted by Crippen LogP contribution is 2.31. The minimum atomic E-state index is -0.774. The van der Waals surface area contributed by atoms with E-state index >= 15 is 0 Å². The molecule has 0 aliphatic rings. The number of hydrogen-bond acceptors (Lipinski definition) is 10. The molecule has 1 aromatic heterocycles. The number of thiazole rings is 1. The van der Waals surface area contributed by atoms with E-state index in [0.29, 0.717) is 37.2 Å². The molecular formula is C40H70IN5O7S. The number of amides is 3. The Labute approximate surface area is 347 Å². The average molecular weight is 892 g/mol. The first kappa shape index (κ1) is 52.7. The number of nitrogens with two attached hydrogens (primary N) is 1. The predicted octanol–water partition coefficient (Wildman–Crippen LogP) is 7.86. The summed E-state index contributed by atoms with van der Waals surface area (Å²) in [7, 11) is 1.92. The number of aromatic nitrogens is 1. The van der Waals surface area contributed by atoms with E-state index in [1.54, 1.807) is 10.3 Å². The lowest BCUT2D eigenvalue weighted by molar-refractivity contribution is -0.158. The Balaban J connectivity index is -0.000000784. The summed E-state index contributed by atoms with van der Waals surface area (Å²) in [5.41, 5.74) is 6.32. The van der Waals surface area contributed by atoms with Gasteiger partial charge in [0.1, 0.15) is 10.7 Å². The van der Waals surface area contributed by atoms with Crippen molar-refractivity contribution < 1.29 is 36.3 Å². The Bertz CT molecular complexity index is 1360. The van der Waals surface area contributed by atoms with Crippen LogP contribution in [0.2, 0.25) is 0 Å². The molecule has 3 amide bonds. The molecule has 0 unspecified atom stereocenters. The van der Waals surface area contributed by atoms with Gasteiger partial charge in [-0.2, -0.15) is 0 Å². The maximum Gasteiger partial charge on any atom is 0.307 e. The zero-order chi connectivity index (χ0) is 40.2. The molecule has 0 aliphatic carbocycles. The van der Waals surface area contributed by atoms with Crippen LogP contribution < -0.4 is 16.4 Å². The number of ether oxygens (including phenoxy) is 2. The summed E-state index contributed by atoms with van der Waals surface area (Å²) in [5.74, 6) is -1.38. The Morgan fingerprint density at radius 3 is 2.20 bits per heavy atom. The number of carbonyl (C=O) groups excluding carboxylic acids is 5. The van der Waals surface area contributed by atoms with Crippen molar-refractivity contribution in [3.05, 3.63) is 65.1 Å². The second kappa shape index (κ2) is 31.9. The highest BCUT2D eigenvalue weighted by Gasteiger charge is 2.33. The van der Waals surface area contributed by atoms with Crippen LogP contribution in [0.4, 0.5) is 0 Å². The SMILES string of the molecule is C=C.CCCCC(=O)N(COC(=O)CC(C)C)[C@H](C[C@@H](OC(C)=O)c1nc(C(=O)NCCc2ccccc2)cs1)C(C)C.CNCCCCCC(N)=O.I.[HH].[HH]. The van der Waals surface area contributed by atoms with E-state index in [9.17, 15) is 24.0 Å². The second-order valence-corrected chi connectivity index (χ2v) is 14.2. The second-order valence-electron chi connectivity index (χ2n) is 13.3. The van der Waals surface area contributed by atoms with Crippen molar-refractivity contribution in [2.45, 2.75) is 118 Å². The lowest BCUT2D eigenvalue weighted by atomic mass is 9.95. The first-order valence-corrected chi connectivity index (χ1v) is 19.5. The summed E-state index contributed by atoms with van der Waals surface area (Å²) in [6, 6.07) is 9.46. The van der Waals surface area contributed by atoms with Gasteiger partial charge in [0.25, 0.3) is 5.91 Å². The van der Waals surface area contributed by atoms with Crippen LogP contribution in [0.1, 0.15) is 129 Å². The molecule has 1 heterocycles. The van der Waals surface area contributed by atoms with E-state index in [1.165, 1.54) is 18.3 Å². The normalized spacial score (nSPS) is 11.4. The third kappa shape index (κ3) is 24.1. The molecule has 14 heteroatoms. The molecule has 0 spiro atoms. The van der Waals surface area contributed by atoms with Gasteiger partial charge in [-0.1, -0.05) is 77.8 Å². The summed E-state index contributed by atoms with van der Waals surface area (Å²) < 4.78 is 11.2. The number of carbonyl (C=O) groups is 5. The standard InChI is InChI=1S/C31H45N3O6S.C7H16N2O.C2H4.HI.2H2/c1-7-8-14-28(36)34(20-39-29(37)17-21(2)3)26(22(4)5)18-27(40-23(6)35)31-33-25(19-41-31)30(38)32-16-15-24-12-10-9-11-13-24;1-9-6-4-2-3-5-7(8)10;1-2;;;/h9-13,19,21-22,26-27H,7-8,14-18,20H2,1-6H3,(H,32,38);9H,2-6H2,1H3,(H2,8,10);1-2H2;3*1H/t26-,27-;;;;;/m1...../s1. The predicted molar refractivity (Wildman–Crippen MR) is 232 cm³/mol. The van der Waals surface area contributed by atoms with Gasteiger partial charge >= 0.3 is 11.9 Å². The summed E-state index contributed by atoms with van der Waals surface area (Å²) in [5, 5.41) is 8.04. The van der Waals surface area contributed by atoms with Crippen molar-refractivity contribution in [3.63, 3.8) is 0 Å². The smallest absolute Gasteiger partial charge is 0.307 e. The first-order chi connectivity index (χ1) is 25.3. The van der Waals surface area contributed by atoms with Gasteiger partial charge in [0.15, 0.2) is 12.8 Å². The van der Waals surface area contributed by atoms with Crippen LogP contribution in [-0.4, -0.2) is 72.5 Å². The molecule has 1 aromatic carbocycles. The largest absolute Gasteiger partial charge is 0.455 e. The van der Waals surface area contributed by atoms with Gasteiger partial charge < -0.3 is 30.7 Å². The van der Waals surface area contributed by atoms with Crippen LogP contribution in [0, 0.1) is 11.8 Å². The summed E-state index contributed by atoms with van der Waals surface area (Å²) in [6.07, 6.45) is 5.99. The van der Waals surface area contributed by atoms with E-state index in [-0.39, 0.29) is 87.6 Å². The lowest BCUT2D eigenvalue weighted by Gasteiger charge is -2.35. The van der Waals surface area contributed by atoms with Crippen LogP contribution >= 0.6 is 35.3 Å². The van der Waals surface area contributed by atoms with Crippen LogP contribution in [0.5, 0.6) is 0 Å². The van der Waals surface area contributed by atoms with Gasteiger partial charge in [-0.15, -0.1) is 48.5 Å². The van der Waals surface area contributed by atoms with Crippen molar-refractivity contribution in [3.8, 4) is 0 Å². The number of hydrogen-bond donors (Lipinski definition) is 3. The summed E-state index contributed by atoms with van der Waals surface area (Å²) >= 11 is 1.23. The van der Waals surface area contributed by atoms with Crippen molar-refractivity contribution in [1.82, 2.24) is 20.5 Å². The lowest BCUT2D eigenvalue weighted by Crippen LogP contribution is -2.46. The number of halogens is 1. The molecule has 310 valence electrons. The Kier molecular flexibility index (Phi) is 31.2. The number of rotatable bonds is 23. The van der Waals surface area contributed by atoms with Gasteiger partial charge in [-0.05, 0) is 56.7 Å². The van der Waals surface area contributed by atoms with Crippen molar-refractivity contribution in [2.75, 3.05) is 26.9 Å². The minimum Gasteiger partial charge on any atom is -0.455 e. The number of esters is 2. The van der Waals surface area contributed by atoms with Gasteiger partial charge in [0.05, 0.1) is 0 Å². The zero-order valence-corrected chi connectivity index (χ0v) is 36.7. The van der Waals surface area contributed by atoms with Crippen molar-refractivity contribution >= 4 is 65.0 Å². The zero-order valence-electron chi connectivity index (χ0n) is 33.5. The van der Waals surface area contributed by atoms with Crippen LogP contribution in [0.15, 0.2) is 48.9 Å². The molecule has 0 radical (unpaired) electrons. The molecule has 4 N–H and O–H groups in total. The molecule has 0 saturated carbocycles. The number of primary amides is 1. The van der Waals surface area contributed by atoms with E-state index in [2.05, 4.69) is 28.8 Å². The minimum absolute atomic E-state index is 0. The fourth-order valence-electron chi connectivity index (χ4n) is 5.11. The number of benzene rings is 1. The molecule has 2 aromatic rings. The number of nitrogens with one attached hydrogen (secondary N) is 2. The Morgan fingerprint density at radius 1 is 0.981 bits per heavy atom. The Morgan fingerprint density at radius 2 is 1.65 bits per heavy atom. The van der Waals surface area contributed by atoms with Crippen molar-refractivity contribution in [1.29, 1.82) is 0 Å². The molecule has 54 heavy (non-hydrogen) atoms. The topological polar surface area (TPSA) is 170 Å². The van der Waals surface area contributed by atoms with Crippen LogP contribution in [0.25, 0.3) is 0 Å². The van der Waals surface area contributed by atoms with Gasteiger partial charge in [0.2, 0.25) is 11.8 Å². The van der Waals surface area contributed by atoms with Gasteiger partial charge in [-0.25, -0.2) is 4.98 Å². The van der Waals surface area contributed by atoms with Gasteiger partial charge in [-0.3, -0.25) is 24.0 Å². The summed E-state index contributed by atoms with van der Waals surface area (Å²) in [6.45, 7) is 18.4. The highest BCUT2D eigenvalue weighted by molar-refractivity contribution is 14.0. The van der Waals surface area contributed by atoms with Crippen molar-refractivity contribution in [2.24, 2.45) is 17.6 Å². The van der Waals surface area contributed by atoms with E-state index in [4.69, 9.17) is 15.2 Å². The quantitative estimate of drug-likeness (QED) is 0.0331. The van der Waals surface area contributed by atoms with Crippen LogP contribution in [-0.2, 0) is 35.1 Å². The number of unbranched alkanes of at least 4 members (excludes halogenated alkanes) is 3. The molecule has 0 aliphatic heterocycles. The highest BCUT2D eigenvalue weighted by atomic mass is 127. The first-order valence-electron chi connectivity index (χ1n) is 18.6. The molecule has 0 saturated heterocycles. The molecule has 0 bridgehead atoms. The van der Waals surface area contributed by atoms with Gasteiger partial charge in [0, 0.05) is 53.4 Å². The maximum atomic E-state index is 13.3. The molecule has 2 rings (SSSR count). The fourth-order valence-corrected chi connectivity index (χ4v) is 5.95. The third-order valence-corrected chi connectivity index (χ3v) is 8.80. The summed E-state index contributed by atoms with van der Waals surface area (Å²) in [4.78, 5) is 66.8. The monoisotopic (exact) mass is 891 g/mol. The van der Waals surface area contributed by atoms with E-state index in [0.717, 1.165) is 37.8 Å². The Hall–Kier alpha value is -3.37. The molecule has 0 fully saturated rings. The fraction of sp³-hybridized carbons (Fsp3) is 0.600. The average Bonchev–Trinajstić information content (AvgIpc) is 3.61. The van der Waals surface area contributed by atoms with Crippen LogP contribution in [0.3, 0.4) is 0 Å². The molecular weight excluding hydrogens is 821 g/mol. The number of nitrogens with zero attached hydrogens (tertiary/aromatic N) is 2. The van der Waals surface area contributed by atoms with E-state index < -0.39 is 18.1 Å².